The van der Waals surface area contributed by atoms with Crippen LogP contribution in [-0.4, -0.2) is 51.3 Å². The van der Waals surface area contributed by atoms with Gasteiger partial charge in [0.1, 0.15) is 0 Å². The van der Waals surface area contributed by atoms with E-state index in [-0.39, 0.29) is 12.2 Å². The van der Waals surface area contributed by atoms with Crippen LogP contribution in [0.25, 0.3) is 0 Å². The fourth-order valence-electron chi connectivity index (χ4n) is 4.76. The van der Waals surface area contributed by atoms with E-state index < -0.39 is 5.54 Å². The minimum Gasteiger partial charge on any atom is -0.394 e. The Morgan fingerprint density at radius 3 is 2.77 bits per heavy atom. The molecule has 3 atom stereocenters. The Bertz CT molecular complexity index is 880. The third-order valence-electron chi connectivity index (χ3n) is 7.09. The van der Waals surface area contributed by atoms with E-state index in [2.05, 4.69) is 40.1 Å². The smallest absolute Gasteiger partial charge is 0.223 e. The Hall–Kier alpha value is -1.54. The van der Waals surface area contributed by atoms with Gasteiger partial charge in [0, 0.05) is 53.3 Å². The monoisotopic (exact) mass is 444 g/mol. The van der Waals surface area contributed by atoms with Gasteiger partial charge in [0.2, 0.25) is 5.95 Å². The summed E-state index contributed by atoms with van der Waals surface area (Å²) in [5, 5.41) is 12.8. The summed E-state index contributed by atoms with van der Waals surface area (Å²) in [5.41, 5.74) is 2.08. The van der Waals surface area contributed by atoms with Crippen molar-refractivity contribution in [3.63, 3.8) is 0 Å². The van der Waals surface area contributed by atoms with Crippen LogP contribution in [0, 0.1) is 0 Å². The molecule has 6 nitrogen and oxygen atoms in total. The summed E-state index contributed by atoms with van der Waals surface area (Å²) in [4.78, 5) is 14.5. The number of aliphatic hydroxyl groups excluding tert-OH is 1. The van der Waals surface area contributed by atoms with Crippen LogP contribution >= 0.6 is 11.3 Å². The van der Waals surface area contributed by atoms with E-state index in [1.54, 1.807) is 4.88 Å². The number of hydrogen-bond donors (Lipinski definition) is 2. The van der Waals surface area contributed by atoms with Crippen LogP contribution in [0.4, 0.5) is 5.95 Å². The van der Waals surface area contributed by atoms with Crippen LogP contribution < -0.4 is 5.32 Å². The highest BCUT2D eigenvalue weighted by atomic mass is 32.1. The molecule has 0 bridgehead atoms. The molecule has 0 amide bonds. The van der Waals surface area contributed by atoms with Gasteiger partial charge in [-0.3, -0.25) is 4.90 Å². The van der Waals surface area contributed by atoms with E-state index >= 15 is 0 Å². The van der Waals surface area contributed by atoms with Gasteiger partial charge in [-0.2, -0.15) is 0 Å². The maximum absolute atomic E-state index is 9.59. The lowest BCUT2D eigenvalue weighted by atomic mass is 9.79. The lowest BCUT2D eigenvalue weighted by molar-refractivity contribution is -0.112. The van der Waals surface area contributed by atoms with Crippen molar-refractivity contribution in [1.29, 1.82) is 0 Å². The normalized spacial score (nSPS) is 25.9. The molecule has 4 heterocycles. The van der Waals surface area contributed by atoms with Crippen molar-refractivity contribution in [2.45, 2.75) is 83.5 Å². The largest absolute Gasteiger partial charge is 0.394 e. The van der Waals surface area contributed by atoms with E-state index in [4.69, 9.17) is 4.74 Å². The van der Waals surface area contributed by atoms with Crippen molar-refractivity contribution in [2.75, 3.05) is 25.1 Å². The molecule has 0 aromatic carbocycles. The molecule has 4 rings (SSSR count). The summed E-state index contributed by atoms with van der Waals surface area (Å²) in [6, 6.07) is 2.85. The number of thiophene rings is 1. The minimum atomic E-state index is -0.393. The van der Waals surface area contributed by atoms with Gasteiger partial charge in [0.05, 0.1) is 24.4 Å². The second-order valence-electron chi connectivity index (χ2n) is 9.38. The van der Waals surface area contributed by atoms with E-state index in [1.807, 2.05) is 37.6 Å². The molecular weight excluding hydrogens is 408 g/mol. The van der Waals surface area contributed by atoms with Crippen LogP contribution in [0.15, 0.2) is 18.5 Å². The molecule has 1 saturated heterocycles. The molecule has 2 aromatic heterocycles. The first-order valence-electron chi connectivity index (χ1n) is 11.6. The number of piperidine rings is 1. The molecule has 2 aliphatic rings. The zero-order valence-electron chi connectivity index (χ0n) is 19.3. The Labute approximate surface area is 190 Å². The quantitative estimate of drug-likeness (QED) is 0.669. The van der Waals surface area contributed by atoms with Crippen molar-refractivity contribution in [3.05, 3.63) is 39.3 Å². The van der Waals surface area contributed by atoms with E-state index in [0.717, 1.165) is 57.4 Å². The first-order valence-corrected chi connectivity index (χ1v) is 12.4. The second-order valence-corrected chi connectivity index (χ2v) is 10.6. The van der Waals surface area contributed by atoms with Crippen molar-refractivity contribution in [1.82, 2.24) is 14.9 Å². The molecule has 0 aliphatic carbocycles. The van der Waals surface area contributed by atoms with Crippen LogP contribution in [0.2, 0.25) is 0 Å². The fraction of sp³-hybridized carbons (Fsp3) is 0.667. The molecule has 2 aliphatic heterocycles. The third kappa shape index (κ3) is 4.65. The zero-order valence-corrected chi connectivity index (χ0v) is 20.1. The Balaban J connectivity index is 1.41. The highest BCUT2D eigenvalue weighted by molar-refractivity contribution is 7.12. The van der Waals surface area contributed by atoms with Gasteiger partial charge in [-0.05, 0) is 51.2 Å². The van der Waals surface area contributed by atoms with Gasteiger partial charge in [-0.1, -0.05) is 13.8 Å². The van der Waals surface area contributed by atoms with Gasteiger partial charge in [0.25, 0.3) is 0 Å². The fourth-order valence-corrected chi connectivity index (χ4v) is 5.93. The molecule has 170 valence electrons. The number of fused-ring (bicyclic) bond motifs is 2. The average Bonchev–Trinajstić information content (AvgIpc) is 3.22. The number of nitrogens with zero attached hydrogens (tertiary/aromatic N) is 3. The van der Waals surface area contributed by atoms with E-state index in [1.165, 1.54) is 10.4 Å². The molecular formula is C24H36N4O2S. The van der Waals surface area contributed by atoms with Gasteiger partial charge in [0.15, 0.2) is 0 Å². The lowest BCUT2D eigenvalue weighted by Gasteiger charge is -2.47. The number of aliphatic hydroxyl groups is 1. The number of likely N-dealkylation sites (tertiary alicyclic amines) is 1. The maximum Gasteiger partial charge on any atom is 0.223 e. The lowest BCUT2D eigenvalue weighted by Crippen LogP contribution is -2.50. The molecule has 1 fully saturated rings. The third-order valence-corrected chi connectivity index (χ3v) is 8.43. The van der Waals surface area contributed by atoms with Gasteiger partial charge < -0.3 is 15.2 Å². The van der Waals surface area contributed by atoms with E-state index in [0.29, 0.717) is 12.0 Å². The molecule has 7 heteroatoms. The van der Waals surface area contributed by atoms with Crippen molar-refractivity contribution >= 4 is 17.3 Å². The Morgan fingerprint density at radius 1 is 1.35 bits per heavy atom. The minimum absolute atomic E-state index is 0.0509. The number of anilines is 1. The summed E-state index contributed by atoms with van der Waals surface area (Å²) in [6.07, 6.45) is 8.85. The summed E-state index contributed by atoms with van der Waals surface area (Å²) in [5.74, 6) is 0.570. The van der Waals surface area contributed by atoms with Crippen LogP contribution in [-0.2, 0) is 29.7 Å². The standard InChI is InChI=1S/C24H36N4O2S/c1-5-19-11-20-21(31-19)7-10-30-24(20)8-9-28(17(3)12-24)15-18-13-25-22(26-14-18)27-23(4,6-2)16-29/h11,13-14,17,29H,5-10,12,15-16H2,1-4H3,(H,25,26,27)/t17-,23?,24+/m0/s1. The highest BCUT2D eigenvalue weighted by Crippen LogP contribution is 2.46. The van der Waals surface area contributed by atoms with Crippen molar-refractivity contribution in [2.24, 2.45) is 0 Å². The number of rotatable bonds is 7. The Kier molecular flexibility index (Phi) is 6.68. The number of nitrogens with one attached hydrogen (secondary N) is 1. The summed E-state index contributed by atoms with van der Waals surface area (Å²) < 4.78 is 6.47. The molecule has 1 spiro atoms. The average molecular weight is 445 g/mol. The van der Waals surface area contributed by atoms with Crippen LogP contribution in [0.5, 0.6) is 0 Å². The first-order chi connectivity index (χ1) is 14.9. The predicted molar refractivity (Wildman–Crippen MR) is 126 cm³/mol. The van der Waals surface area contributed by atoms with Crippen LogP contribution in [0.3, 0.4) is 0 Å². The topological polar surface area (TPSA) is 70.5 Å². The molecule has 0 saturated carbocycles. The van der Waals surface area contributed by atoms with Gasteiger partial charge in [-0.15, -0.1) is 11.3 Å². The molecule has 2 aromatic rings. The summed E-state index contributed by atoms with van der Waals surface area (Å²) >= 11 is 1.98. The van der Waals surface area contributed by atoms with Crippen LogP contribution in [0.1, 0.15) is 67.8 Å². The molecule has 2 N–H and O–H groups in total. The zero-order chi connectivity index (χ0) is 22.1. The van der Waals surface area contributed by atoms with Gasteiger partial charge in [-0.25, -0.2) is 9.97 Å². The molecule has 31 heavy (non-hydrogen) atoms. The second kappa shape index (κ2) is 9.14. The summed E-state index contributed by atoms with van der Waals surface area (Å²) in [7, 11) is 0. The number of ether oxygens (including phenoxy) is 1. The molecule has 1 unspecified atom stereocenters. The number of aryl methyl sites for hydroxylation is 1. The SMILES string of the molecule is CCc1cc2c(s1)CCO[C@@]21CCN(Cc2cnc(NC(C)(CC)CO)nc2)[C@@H](C)C1. The predicted octanol–water partition coefficient (Wildman–Crippen LogP) is 4.13. The maximum atomic E-state index is 9.59. The van der Waals surface area contributed by atoms with Crippen molar-refractivity contribution < 1.29 is 9.84 Å². The highest BCUT2D eigenvalue weighted by Gasteiger charge is 2.44. The van der Waals surface area contributed by atoms with E-state index in [9.17, 15) is 5.11 Å². The number of hydrogen-bond acceptors (Lipinski definition) is 7. The number of aromatic nitrogens is 2. The summed E-state index contributed by atoms with van der Waals surface area (Å²) in [6.45, 7) is 11.3. The van der Waals surface area contributed by atoms with Crippen molar-refractivity contribution in [3.8, 4) is 0 Å². The first kappa shape index (κ1) is 22.6. The van der Waals surface area contributed by atoms with Gasteiger partial charge >= 0.3 is 0 Å². The molecule has 0 radical (unpaired) electrons. The Morgan fingerprint density at radius 2 is 2.13 bits per heavy atom.